The molecule has 0 bridgehead atoms. The van der Waals surface area contributed by atoms with E-state index in [1.807, 2.05) is 30.0 Å². The second-order valence-corrected chi connectivity index (χ2v) is 7.36. The predicted octanol–water partition coefficient (Wildman–Crippen LogP) is 3.38. The predicted molar refractivity (Wildman–Crippen MR) is 97.7 cm³/mol. The van der Waals surface area contributed by atoms with Crippen LogP contribution in [0, 0.1) is 12.3 Å². The molecule has 1 saturated carbocycles. The number of ether oxygens (including phenoxy) is 1. The van der Waals surface area contributed by atoms with Crippen molar-refractivity contribution in [2.75, 3.05) is 32.1 Å². The number of amides is 2. The number of likely N-dealkylation sites (tertiary alicyclic amines) is 1. The Bertz CT molecular complexity index is 646. The van der Waals surface area contributed by atoms with E-state index >= 15 is 0 Å². The minimum Gasteiger partial charge on any atom is -0.385 e. The molecular formula is C20H28N2O3. The number of methoxy groups -OCH3 is 1. The van der Waals surface area contributed by atoms with E-state index in [9.17, 15) is 9.59 Å². The van der Waals surface area contributed by atoms with Crippen LogP contribution in [0.25, 0.3) is 0 Å². The quantitative estimate of drug-likeness (QED) is 0.861. The molecule has 0 unspecified atom stereocenters. The molecule has 5 heteroatoms. The first kappa shape index (κ1) is 17.9. The average Bonchev–Trinajstić information content (AvgIpc) is 3.09. The van der Waals surface area contributed by atoms with Crippen molar-refractivity contribution in [3.63, 3.8) is 0 Å². The van der Waals surface area contributed by atoms with Crippen LogP contribution in [0.15, 0.2) is 18.2 Å². The number of anilines is 1. The van der Waals surface area contributed by atoms with Crippen LogP contribution < -0.4 is 5.32 Å². The number of rotatable bonds is 6. The van der Waals surface area contributed by atoms with Gasteiger partial charge in [-0.25, -0.2) is 0 Å². The van der Waals surface area contributed by atoms with E-state index in [2.05, 4.69) is 5.32 Å². The minimum atomic E-state index is -0.285. The lowest BCUT2D eigenvalue weighted by Gasteiger charge is -2.40. The van der Waals surface area contributed by atoms with Crippen molar-refractivity contribution in [2.45, 2.75) is 45.4 Å². The fraction of sp³-hybridized carbons (Fsp3) is 0.600. The average molecular weight is 344 g/mol. The third-order valence-electron chi connectivity index (χ3n) is 5.69. The second kappa shape index (κ2) is 7.56. The van der Waals surface area contributed by atoms with Crippen LogP contribution >= 0.6 is 0 Å². The molecule has 5 nitrogen and oxygen atoms in total. The highest BCUT2D eigenvalue weighted by Gasteiger charge is 2.43. The van der Waals surface area contributed by atoms with Gasteiger partial charge in [-0.2, -0.15) is 0 Å². The van der Waals surface area contributed by atoms with Crippen LogP contribution in [0.2, 0.25) is 0 Å². The maximum absolute atomic E-state index is 12.8. The molecule has 1 heterocycles. The van der Waals surface area contributed by atoms with Crippen molar-refractivity contribution in [1.82, 2.24) is 4.90 Å². The van der Waals surface area contributed by atoms with E-state index in [0.29, 0.717) is 12.2 Å². The van der Waals surface area contributed by atoms with E-state index in [1.165, 1.54) is 0 Å². The number of nitrogens with one attached hydrogen (secondary N) is 1. The Hall–Kier alpha value is -1.88. The highest BCUT2D eigenvalue weighted by atomic mass is 16.5. The summed E-state index contributed by atoms with van der Waals surface area (Å²) in [4.78, 5) is 27.2. The van der Waals surface area contributed by atoms with Crippen molar-refractivity contribution in [2.24, 2.45) is 5.41 Å². The summed E-state index contributed by atoms with van der Waals surface area (Å²) in [6.45, 7) is 4.24. The Morgan fingerprint density at radius 1 is 1.20 bits per heavy atom. The number of carbonyl (C=O) groups excluding carboxylic acids is 2. The standard InChI is InChI=1S/C20H28N2O3/c1-15-14-16(18(23)22-11-3-4-12-22)6-7-17(15)21-19(24)20(8-5-9-20)10-13-25-2/h6-7,14H,3-5,8-13H2,1-2H3,(H,21,24). The van der Waals surface area contributed by atoms with E-state index in [-0.39, 0.29) is 17.2 Å². The van der Waals surface area contributed by atoms with Crippen LogP contribution in [0.4, 0.5) is 5.69 Å². The normalized spacial score (nSPS) is 18.7. The molecule has 1 aromatic carbocycles. The molecule has 1 aliphatic carbocycles. The van der Waals surface area contributed by atoms with Gasteiger partial charge in [0.2, 0.25) is 5.91 Å². The van der Waals surface area contributed by atoms with Crippen LogP contribution in [-0.4, -0.2) is 43.5 Å². The zero-order valence-electron chi connectivity index (χ0n) is 15.3. The molecule has 1 aliphatic heterocycles. The Morgan fingerprint density at radius 3 is 2.48 bits per heavy atom. The highest BCUT2D eigenvalue weighted by Crippen LogP contribution is 2.45. The van der Waals surface area contributed by atoms with E-state index in [4.69, 9.17) is 4.74 Å². The fourth-order valence-electron chi connectivity index (χ4n) is 3.79. The van der Waals surface area contributed by atoms with Crippen molar-refractivity contribution < 1.29 is 14.3 Å². The molecule has 136 valence electrons. The molecular weight excluding hydrogens is 316 g/mol. The number of hydrogen-bond donors (Lipinski definition) is 1. The number of benzene rings is 1. The summed E-state index contributed by atoms with van der Waals surface area (Å²) < 4.78 is 5.17. The van der Waals surface area contributed by atoms with Gasteiger partial charge in [0, 0.05) is 38.1 Å². The summed E-state index contributed by atoms with van der Waals surface area (Å²) >= 11 is 0. The summed E-state index contributed by atoms with van der Waals surface area (Å²) in [5.74, 6) is 0.173. The molecule has 0 atom stereocenters. The molecule has 2 aliphatic rings. The Morgan fingerprint density at radius 2 is 1.92 bits per heavy atom. The van der Waals surface area contributed by atoms with E-state index in [1.54, 1.807) is 7.11 Å². The molecule has 0 radical (unpaired) electrons. The molecule has 25 heavy (non-hydrogen) atoms. The van der Waals surface area contributed by atoms with Gasteiger partial charge in [0.15, 0.2) is 0 Å². The van der Waals surface area contributed by atoms with Gasteiger partial charge in [-0.3, -0.25) is 9.59 Å². The van der Waals surface area contributed by atoms with Crippen LogP contribution in [0.5, 0.6) is 0 Å². The molecule has 2 amide bonds. The lowest BCUT2D eigenvalue weighted by molar-refractivity contribution is -0.131. The molecule has 3 rings (SSSR count). The Kier molecular flexibility index (Phi) is 5.42. The lowest BCUT2D eigenvalue weighted by atomic mass is 9.66. The molecule has 1 N–H and O–H groups in total. The van der Waals surface area contributed by atoms with Gasteiger partial charge in [-0.05, 0) is 62.8 Å². The second-order valence-electron chi connectivity index (χ2n) is 7.36. The number of carbonyl (C=O) groups is 2. The van der Waals surface area contributed by atoms with E-state index < -0.39 is 0 Å². The Labute approximate surface area is 149 Å². The van der Waals surface area contributed by atoms with Gasteiger partial charge in [-0.1, -0.05) is 6.42 Å². The third kappa shape index (κ3) is 3.71. The third-order valence-corrected chi connectivity index (χ3v) is 5.69. The topological polar surface area (TPSA) is 58.6 Å². The van der Waals surface area contributed by atoms with Crippen molar-refractivity contribution in [1.29, 1.82) is 0 Å². The lowest BCUT2D eigenvalue weighted by Crippen LogP contribution is -2.42. The highest BCUT2D eigenvalue weighted by molar-refractivity contribution is 5.98. The number of nitrogens with zero attached hydrogens (tertiary/aromatic N) is 1. The SMILES string of the molecule is COCCC1(C(=O)Nc2ccc(C(=O)N3CCCC3)cc2C)CCC1. The number of aryl methyl sites for hydroxylation is 1. The fourth-order valence-corrected chi connectivity index (χ4v) is 3.79. The zero-order chi connectivity index (χ0) is 17.9. The van der Waals surface area contributed by atoms with Gasteiger partial charge >= 0.3 is 0 Å². The summed E-state index contributed by atoms with van der Waals surface area (Å²) in [7, 11) is 1.67. The molecule has 0 aromatic heterocycles. The summed E-state index contributed by atoms with van der Waals surface area (Å²) in [5.41, 5.74) is 2.15. The monoisotopic (exact) mass is 344 g/mol. The van der Waals surface area contributed by atoms with Gasteiger partial charge in [-0.15, -0.1) is 0 Å². The van der Waals surface area contributed by atoms with Gasteiger partial charge in [0.1, 0.15) is 0 Å². The van der Waals surface area contributed by atoms with Crippen LogP contribution in [0.1, 0.15) is 54.4 Å². The van der Waals surface area contributed by atoms with Crippen molar-refractivity contribution in [3.05, 3.63) is 29.3 Å². The molecule has 2 fully saturated rings. The summed E-state index contributed by atoms with van der Waals surface area (Å²) in [6.07, 6.45) is 5.88. The van der Waals surface area contributed by atoms with Crippen molar-refractivity contribution >= 4 is 17.5 Å². The van der Waals surface area contributed by atoms with Crippen LogP contribution in [0.3, 0.4) is 0 Å². The van der Waals surface area contributed by atoms with Crippen LogP contribution in [-0.2, 0) is 9.53 Å². The number of hydrogen-bond acceptors (Lipinski definition) is 3. The summed E-state index contributed by atoms with van der Waals surface area (Å²) in [5, 5.41) is 3.08. The Balaban J connectivity index is 1.68. The van der Waals surface area contributed by atoms with Gasteiger partial charge < -0.3 is 15.0 Å². The zero-order valence-corrected chi connectivity index (χ0v) is 15.3. The first-order chi connectivity index (χ1) is 12.1. The molecule has 0 spiro atoms. The van der Waals surface area contributed by atoms with E-state index in [0.717, 1.165) is 62.9 Å². The molecule has 1 aromatic rings. The maximum atomic E-state index is 12.8. The summed E-state index contributed by atoms with van der Waals surface area (Å²) in [6, 6.07) is 5.57. The molecule has 1 saturated heterocycles. The van der Waals surface area contributed by atoms with Gasteiger partial charge in [0.05, 0.1) is 5.41 Å². The first-order valence-corrected chi connectivity index (χ1v) is 9.26. The largest absolute Gasteiger partial charge is 0.385 e. The maximum Gasteiger partial charge on any atom is 0.253 e. The van der Waals surface area contributed by atoms with Crippen molar-refractivity contribution in [3.8, 4) is 0 Å². The first-order valence-electron chi connectivity index (χ1n) is 9.26. The smallest absolute Gasteiger partial charge is 0.253 e. The minimum absolute atomic E-state index is 0.0810. The van der Waals surface area contributed by atoms with Gasteiger partial charge in [0.25, 0.3) is 5.91 Å².